The number of rotatable bonds is 3. The Morgan fingerprint density at radius 2 is 2.00 bits per heavy atom. The maximum absolute atomic E-state index is 11.5. The van der Waals surface area contributed by atoms with Gasteiger partial charge in [0.1, 0.15) is 0 Å². The van der Waals surface area contributed by atoms with E-state index in [0.717, 1.165) is 28.7 Å². The number of carboxylic acids is 1. The van der Waals surface area contributed by atoms with Crippen LogP contribution in [0.25, 0.3) is 10.9 Å². The van der Waals surface area contributed by atoms with Gasteiger partial charge in [0.05, 0.1) is 5.69 Å². The summed E-state index contributed by atoms with van der Waals surface area (Å²) < 4.78 is 0. The number of anilines is 1. The molecule has 0 saturated heterocycles. The van der Waals surface area contributed by atoms with Crippen LogP contribution in [0.5, 0.6) is 0 Å². The van der Waals surface area contributed by atoms with Crippen LogP contribution in [0.3, 0.4) is 0 Å². The zero-order chi connectivity index (χ0) is 13.1. The molecular formula is C13H12N2O3. The molecule has 92 valence electrons. The van der Waals surface area contributed by atoms with E-state index in [1.165, 1.54) is 0 Å². The average Bonchev–Trinajstić information content (AvgIpc) is 2.64. The normalized spacial score (nSPS) is 10.9. The Kier molecular flexibility index (Phi) is 3.14. The van der Waals surface area contributed by atoms with E-state index in [0.29, 0.717) is 5.69 Å². The molecule has 0 spiro atoms. The van der Waals surface area contributed by atoms with E-state index in [4.69, 9.17) is 5.11 Å². The summed E-state index contributed by atoms with van der Waals surface area (Å²) in [7, 11) is 0. The lowest BCUT2D eigenvalue weighted by molar-refractivity contribution is -0.131. The lowest BCUT2D eigenvalue weighted by Crippen LogP contribution is -2.09. The number of fused-ring (bicyclic) bond motifs is 1. The quantitative estimate of drug-likeness (QED) is 0.723. The summed E-state index contributed by atoms with van der Waals surface area (Å²) in [5.74, 6) is -1.62. The maximum atomic E-state index is 11.5. The molecule has 0 radical (unpaired) electrons. The highest BCUT2D eigenvalue weighted by Crippen LogP contribution is 2.26. The summed E-state index contributed by atoms with van der Waals surface area (Å²) in [4.78, 5) is 25.0. The number of carbonyl (C=O) groups is 2. The van der Waals surface area contributed by atoms with Crippen LogP contribution in [0.1, 0.15) is 5.69 Å². The Labute approximate surface area is 103 Å². The van der Waals surface area contributed by atoms with Crippen LogP contribution in [-0.2, 0) is 9.59 Å². The van der Waals surface area contributed by atoms with E-state index in [9.17, 15) is 9.59 Å². The van der Waals surface area contributed by atoms with Crippen molar-refractivity contribution < 1.29 is 14.7 Å². The maximum Gasteiger partial charge on any atom is 0.328 e. The van der Waals surface area contributed by atoms with Crippen LogP contribution in [0, 0.1) is 6.92 Å². The molecule has 2 aromatic rings. The molecule has 2 rings (SSSR count). The number of carbonyl (C=O) groups excluding carboxylic acids is 1. The first-order valence-corrected chi connectivity index (χ1v) is 5.37. The molecule has 0 aliphatic heterocycles. The van der Waals surface area contributed by atoms with Gasteiger partial charge >= 0.3 is 5.97 Å². The number of benzene rings is 1. The van der Waals surface area contributed by atoms with E-state index in [2.05, 4.69) is 10.3 Å². The van der Waals surface area contributed by atoms with Crippen LogP contribution in [-0.4, -0.2) is 22.0 Å². The lowest BCUT2D eigenvalue weighted by Gasteiger charge is -2.01. The molecular weight excluding hydrogens is 232 g/mol. The minimum atomic E-state index is -1.15. The predicted molar refractivity (Wildman–Crippen MR) is 68.4 cm³/mol. The number of aromatic nitrogens is 1. The summed E-state index contributed by atoms with van der Waals surface area (Å²) in [6.45, 7) is 1.84. The number of aliphatic carboxylic acids is 1. The van der Waals surface area contributed by atoms with Gasteiger partial charge < -0.3 is 15.4 Å². The van der Waals surface area contributed by atoms with Gasteiger partial charge in [-0.05, 0) is 13.0 Å². The smallest absolute Gasteiger partial charge is 0.328 e. The molecule has 5 nitrogen and oxygen atoms in total. The van der Waals surface area contributed by atoms with Gasteiger partial charge in [-0.25, -0.2) is 4.79 Å². The van der Waals surface area contributed by atoms with Crippen LogP contribution in [0.2, 0.25) is 0 Å². The zero-order valence-electron chi connectivity index (χ0n) is 9.73. The lowest BCUT2D eigenvalue weighted by atomic mass is 10.2. The Bertz CT molecular complexity index is 641. The third kappa shape index (κ3) is 2.40. The second-order valence-corrected chi connectivity index (χ2v) is 3.83. The first-order chi connectivity index (χ1) is 8.58. The largest absolute Gasteiger partial charge is 0.478 e. The molecule has 1 heterocycles. The number of aryl methyl sites for hydroxylation is 1. The van der Waals surface area contributed by atoms with Gasteiger partial charge in [-0.1, -0.05) is 18.2 Å². The van der Waals surface area contributed by atoms with Crippen molar-refractivity contribution in [3.05, 3.63) is 42.1 Å². The van der Waals surface area contributed by atoms with Crippen molar-refractivity contribution in [2.45, 2.75) is 6.92 Å². The number of para-hydroxylation sites is 1. The van der Waals surface area contributed by atoms with Crippen molar-refractivity contribution in [2.75, 3.05) is 5.32 Å². The van der Waals surface area contributed by atoms with Gasteiger partial charge in [0.25, 0.3) is 0 Å². The van der Waals surface area contributed by atoms with Crippen LogP contribution in [0.15, 0.2) is 36.4 Å². The number of H-pyrrole nitrogens is 1. The van der Waals surface area contributed by atoms with Gasteiger partial charge in [0.15, 0.2) is 0 Å². The topological polar surface area (TPSA) is 82.2 Å². The van der Waals surface area contributed by atoms with Crippen LogP contribution >= 0.6 is 0 Å². The fourth-order valence-electron chi connectivity index (χ4n) is 1.75. The molecule has 0 aliphatic carbocycles. The first-order valence-electron chi connectivity index (χ1n) is 5.37. The number of hydrogen-bond acceptors (Lipinski definition) is 2. The summed E-state index contributed by atoms with van der Waals surface area (Å²) >= 11 is 0. The predicted octanol–water partition coefficient (Wildman–Crippen LogP) is 2.06. The van der Waals surface area contributed by atoms with Crippen molar-refractivity contribution in [1.82, 2.24) is 4.98 Å². The number of amides is 1. The Morgan fingerprint density at radius 3 is 2.72 bits per heavy atom. The van der Waals surface area contributed by atoms with E-state index in [-0.39, 0.29) is 0 Å². The Balaban J connectivity index is 2.29. The van der Waals surface area contributed by atoms with Crippen molar-refractivity contribution in [3.8, 4) is 0 Å². The summed E-state index contributed by atoms with van der Waals surface area (Å²) in [6, 6.07) is 7.56. The van der Waals surface area contributed by atoms with Gasteiger partial charge in [-0.15, -0.1) is 0 Å². The van der Waals surface area contributed by atoms with E-state index in [1.807, 2.05) is 31.2 Å². The monoisotopic (exact) mass is 244 g/mol. The number of carboxylic acid groups (broad SMARTS) is 1. The van der Waals surface area contributed by atoms with Crippen LogP contribution < -0.4 is 5.32 Å². The third-order valence-corrected chi connectivity index (χ3v) is 2.52. The molecule has 0 aliphatic rings. The third-order valence-electron chi connectivity index (χ3n) is 2.52. The molecule has 1 amide bonds. The minimum absolute atomic E-state index is 0.467. The fraction of sp³-hybridized carbons (Fsp3) is 0.0769. The highest BCUT2D eigenvalue weighted by molar-refractivity contribution is 6.08. The molecule has 3 N–H and O–H groups in total. The number of hydrogen-bond donors (Lipinski definition) is 3. The number of aromatic amines is 1. The van der Waals surface area contributed by atoms with Crippen molar-refractivity contribution >= 4 is 28.5 Å². The molecule has 0 fully saturated rings. The summed E-state index contributed by atoms with van der Waals surface area (Å²) in [5.41, 5.74) is 2.42. The fourth-order valence-corrected chi connectivity index (χ4v) is 1.75. The second kappa shape index (κ2) is 4.75. The molecule has 0 atom stereocenters. The first kappa shape index (κ1) is 11.9. The molecule has 0 bridgehead atoms. The molecule has 1 aromatic heterocycles. The Hall–Kier alpha value is -2.56. The van der Waals surface area contributed by atoms with E-state index in [1.54, 1.807) is 0 Å². The van der Waals surface area contributed by atoms with Gasteiger partial charge in [-0.3, -0.25) is 4.79 Å². The van der Waals surface area contributed by atoms with Crippen molar-refractivity contribution in [3.63, 3.8) is 0 Å². The van der Waals surface area contributed by atoms with E-state index < -0.39 is 11.9 Å². The SMILES string of the molecule is Cc1[nH]c2ccccc2c1NC(=O)/C=C/C(=O)O. The molecule has 18 heavy (non-hydrogen) atoms. The Morgan fingerprint density at radius 1 is 1.28 bits per heavy atom. The van der Waals surface area contributed by atoms with E-state index >= 15 is 0 Å². The van der Waals surface area contributed by atoms with Gasteiger partial charge in [-0.2, -0.15) is 0 Å². The van der Waals surface area contributed by atoms with Gasteiger partial charge in [0.2, 0.25) is 5.91 Å². The standard InChI is InChI=1S/C13H12N2O3/c1-8-13(15-11(16)6-7-12(17)18)9-4-2-3-5-10(9)14-8/h2-7,14H,1H3,(H,15,16)(H,17,18)/b7-6+. The highest BCUT2D eigenvalue weighted by atomic mass is 16.4. The van der Waals surface area contributed by atoms with Crippen molar-refractivity contribution in [2.24, 2.45) is 0 Å². The van der Waals surface area contributed by atoms with Gasteiger partial charge in [0, 0.05) is 28.7 Å². The zero-order valence-corrected chi connectivity index (χ0v) is 9.73. The summed E-state index contributed by atoms with van der Waals surface area (Å²) in [6.07, 6.45) is 1.79. The molecule has 0 saturated carbocycles. The number of nitrogens with one attached hydrogen (secondary N) is 2. The minimum Gasteiger partial charge on any atom is -0.478 e. The van der Waals surface area contributed by atoms with Crippen molar-refractivity contribution in [1.29, 1.82) is 0 Å². The molecule has 0 unspecified atom stereocenters. The summed E-state index contributed by atoms with van der Waals surface area (Å²) in [5, 5.41) is 12.0. The average molecular weight is 244 g/mol. The second-order valence-electron chi connectivity index (χ2n) is 3.83. The highest BCUT2D eigenvalue weighted by Gasteiger charge is 2.09. The molecule has 1 aromatic carbocycles. The van der Waals surface area contributed by atoms with Crippen LogP contribution in [0.4, 0.5) is 5.69 Å². The molecule has 5 heteroatoms.